The van der Waals surface area contributed by atoms with Gasteiger partial charge < -0.3 is 34.2 Å². The van der Waals surface area contributed by atoms with E-state index in [4.69, 9.17) is 32.3 Å². The zero-order valence-electron chi connectivity index (χ0n) is 82.3. The lowest BCUT2D eigenvalue weighted by atomic mass is 10.0. The van der Waals surface area contributed by atoms with Crippen LogP contribution in [0.3, 0.4) is 0 Å². The number of unbranched alkanes of at least 4 members (excludes halogenated alkanes) is 48. The molecule has 0 rings (SSSR count). The molecule has 0 aromatic carbocycles. The van der Waals surface area contributed by atoms with Gasteiger partial charge in [-0.25, -0.2) is 9.13 Å². The number of ether oxygens (including phenoxy) is 3. The van der Waals surface area contributed by atoms with Gasteiger partial charge in [-0.05, 0) is 154 Å². The number of carbonyl (C=O) groups excluding carboxylic acids is 3. The van der Waals surface area contributed by atoms with Crippen molar-refractivity contribution in [1.29, 1.82) is 0 Å². The Morgan fingerprint density at radius 3 is 0.651 bits per heavy atom. The molecule has 0 heterocycles. The van der Waals surface area contributed by atoms with Gasteiger partial charge >= 0.3 is 33.6 Å². The first-order chi connectivity index (χ1) is 63.2. The summed E-state index contributed by atoms with van der Waals surface area (Å²) in [6.45, 7) is 2.50. The molecule has 742 valence electrons. The summed E-state index contributed by atoms with van der Waals surface area (Å²) in [5.41, 5.74) is 0. The fourth-order valence-corrected chi connectivity index (χ4v) is 16.1. The number of phosphoric acid groups is 2. The smallest absolute Gasteiger partial charge is 0.463 e. The fourth-order valence-electron chi connectivity index (χ4n) is 14.6. The second-order valence-corrected chi connectivity index (χ2v) is 37.8. The van der Waals surface area contributed by atoms with Crippen LogP contribution in [-0.4, -0.2) is 95.9 Å². The Bertz CT molecular complexity index is 3030. The Balaban J connectivity index is 4.53. The molecule has 0 saturated heterocycles. The van der Waals surface area contributed by atoms with E-state index >= 15 is 0 Å². The molecule has 4 N–H and O–H groups in total. The van der Waals surface area contributed by atoms with Gasteiger partial charge in [-0.15, -0.1) is 0 Å². The standard InChI is InChI=1S/C111H192O16P2/c1-4-7-10-13-16-19-22-25-28-31-34-37-40-42-44-46-48-50-52-54-56-58-60-62-65-67-70-73-76-79-82-85-88-91-94-97-109(114)121-100-106(112)101-123-128(117,118)124-102-107(113)103-125-129(119,120)126-105-108(127-111(116)99-96-93-90-87-84-81-78-75-72-69-64-39-36-33-30-27-24-21-18-15-12-9-6-3)104-122-110(115)98-95-92-89-86-83-80-77-74-71-68-66-63-61-59-57-55-53-51-49-47-45-43-41-38-35-32-29-26-23-20-17-14-11-8-5-2/h7-8,10-11,16-21,25-30,34-39,42-45,69,72,106-108,112-113H,4-6,9,12-15,22-24,31-33,40-41,46-68,70-71,73-105H2,1-3H3,(H,117,118)(H,119,120)/b10-7-,11-8-,19-16-,20-17-,21-18-,28-25-,29-26-,30-27-,37-34-,38-35-,39-36-,44-42-,45-43-,72-69-. The average molecular weight is 1840 g/mol. The summed E-state index contributed by atoms with van der Waals surface area (Å²) in [6, 6.07) is 0. The minimum absolute atomic E-state index is 0.0912. The van der Waals surface area contributed by atoms with E-state index in [1.54, 1.807) is 0 Å². The molecule has 0 aliphatic carbocycles. The highest BCUT2D eigenvalue weighted by Gasteiger charge is 2.30. The van der Waals surface area contributed by atoms with Gasteiger partial charge in [0.2, 0.25) is 0 Å². The SMILES string of the molecule is CC/C=C\C/C=C\C/C=C\C/C=C\C/C=C\CCCCCCCCCCCCCCCCCCCCCC(=O)OCC(O)COP(=O)(O)OCC(O)COP(=O)(O)OCC(COC(=O)CCCCCCCCCCCCCCCCCCCCC/C=C\C/C=C\C/C=C\C/C=C\C/C=C\CC)OC(=O)CCCCCCCCC/C=C\C/C=C\C/C=C\C/C=C\CCCCC. The number of aliphatic hydroxyl groups excluding tert-OH is 2. The first kappa shape index (κ1) is 124. The molecular formula is C111H192O16P2. The Labute approximate surface area is 790 Å². The number of carbonyl (C=O) groups is 3. The third kappa shape index (κ3) is 103. The maximum absolute atomic E-state index is 13.1. The number of hydrogen-bond donors (Lipinski definition) is 4. The Kier molecular flexibility index (Phi) is 97.8. The van der Waals surface area contributed by atoms with Crippen molar-refractivity contribution in [2.24, 2.45) is 0 Å². The van der Waals surface area contributed by atoms with Crippen molar-refractivity contribution in [2.75, 3.05) is 39.6 Å². The topological polar surface area (TPSA) is 231 Å². The molecule has 0 radical (unpaired) electrons. The quantitative estimate of drug-likeness (QED) is 0.0146. The largest absolute Gasteiger partial charge is 0.472 e. The number of hydrogen-bond acceptors (Lipinski definition) is 14. The van der Waals surface area contributed by atoms with Crippen molar-refractivity contribution in [3.05, 3.63) is 170 Å². The molecule has 0 fully saturated rings. The van der Waals surface area contributed by atoms with Crippen LogP contribution in [0.15, 0.2) is 170 Å². The van der Waals surface area contributed by atoms with E-state index in [-0.39, 0.29) is 19.3 Å². The number of allylic oxidation sites excluding steroid dienone is 28. The molecule has 18 heteroatoms. The Morgan fingerprint density at radius 2 is 0.411 bits per heavy atom. The maximum atomic E-state index is 13.1. The molecule has 0 saturated carbocycles. The summed E-state index contributed by atoms with van der Waals surface area (Å²) in [4.78, 5) is 59.2. The molecule has 0 aliphatic heterocycles. The lowest BCUT2D eigenvalue weighted by molar-refractivity contribution is -0.161. The van der Waals surface area contributed by atoms with Gasteiger partial charge in [0.05, 0.1) is 26.4 Å². The van der Waals surface area contributed by atoms with Crippen LogP contribution in [0.2, 0.25) is 0 Å². The fraction of sp³-hybridized carbons (Fsp3) is 0.721. The third-order valence-corrected chi connectivity index (χ3v) is 24.3. The molecule has 129 heavy (non-hydrogen) atoms. The summed E-state index contributed by atoms with van der Waals surface area (Å²) >= 11 is 0. The van der Waals surface area contributed by atoms with Crippen molar-refractivity contribution < 1.29 is 75.8 Å². The highest BCUT2D eigenvalue weighted by Crippen LogP contribution is 2.45. The first-order valence-corrected chi connectivity index (χ1v) is 55.4. The van der Waals surface area contributed by atoms with Crippen molar-refractivity contribution in [3.8, 4) is 0 Å². The lowest BCUT2D eigenvalue weighted by Gasteiger charge is -2.21. The summed E-state index contributed by atoms with van der Waals surface area (Å²) in [5, 5.41) is 20.8. The second kappa shape index (κ2) is 102. The molecule has 5 unspecified atom stereocenters. The van der Waals surface area contributed by atoms with Gasteiger partial charge in [0.25, 0.3) is 0 Å². The highest BCUT2D eigenvalue weighted by atomic mass is 31.2. The van der Waals surface area contributed by atoms with E-state index in [0.717, 1.165) is 167 Å². The molecule has 0 aromatic heterocycles. The van der Waals surface area contributed by atoms with Crippen LogP contribution in [-0.2, 0) is 55.8 Å². The maximum Gasteiger partial charge on any atom is 0.472 e. The first-order valence-electron chi connectivity index (χ1n) is 52.4. The normalized spacial score (nSPS) is 14.3. The van der Waals surface area contributed by atoms with Crippen LogP contribution >= 0.6 is 15.6 Å². The van der Waals surface area contributed by atoms with Crippen LogP contribution in [0.25, 0.3) is 0 Å². The van der Waals surface area contributed by atoms with Crippen LogP contribution in [0.4, 0.5) is 0 Å². The molecule has 0 aromatic rings. The monoisotopic (exact) mass is 1840 g/mol. The second-order valence-electron chi connectivity index (χ2n) is 34.9. The van der Waals surface area contributed by atoms with Crippen molar-refractivity contribution in [3.63, 3.8) is 0 Å². The van der Waals surface area contributed by atoms with Crippen LogP contribution < -0.4 is 0 Å². The third-order valence-electron chi connectivity index (χ3n) is 22.4. The van der Waals surface area contributed by atoms with Crippen molar-refractivity contribution in [2.45, 2.75) is 476 Å². The van der Waals surface area contributed by atoms with Crippen LogP contribution in [0.5, 0.6) is 0 Å². The van der Waals surface area contributed by atoms with Gasteiger partial charge in [0.15, 0.2) is 6.10 Å². The predicted molar refractivity (Wildman–Crippen MR) is 546 cm³/mol. The van der Waals surface area contributed by atoms with E-state index in [1.165, 1.54) is 231 Å². The minimum atomic E-state index is -4.95. The number of esters is 3. The minimum Gasteiger partial charge on any atom is -0.463 e. The Hall–Kier alpha value is -5.09. The molecule has 0 bridgehead atoms. The molecule has 16 nitrogen and oxygen atoms in total. The van der Waals surface area contributed by atoms with E-state index in [2.05, 4.69) is 191 Å². The van der Waals surface area contributed by atoms with Crippen molar-refractivity contribution >= 4 is 33.6 Å². The summed E-state index contributed by atoms with van der Waals surface area (Å²) in [5.74, 6) is -1.57. The van der Waals surface area contributed by atoms with E-state index in [9.17, 15) is 43.5 Å². The van der Waals surface area contributed by atoms with E-state index in [1.807, 2.05) is 0 Å². The van der Waals surface area contributed by atoms with Gasteiger partial charge in [0.1, 0.15) is 25.4 Å². The number of aliphatic hydroxyl groups is 2. The summed E-state index contributed by atoms with van der Waals surface area (Å²) < 4.78 is 61.7. The Morgan fingerprint density at radius 1 is 0.225 bits per heavy atom. The van der Waals surface area contributed by atoms with E-state index in [0.29, 0.717) is 19.3 Å². The van der Waals surface area contributed by atoms with E-state index < -0.39 is 91.5 Å². The summed E-state index contributed by atoms with van der Waals surface area (Å²) in [7, 11) is -9.82. The average Bonchev–Trinajstić information content (AvgIpc) is 0.899. The zero-order chi connectivity index (χ0) is 93.5. The predicted octanol–water partition coefficient (Wildman–Crippen LogP) is 33.3. The van der Waals surface area contributed by atoms with Gasteiger partial charge in [0, 0.05) is 19.3 Å². The molecule has 0 spiro atoms. The number of phosphoric ester groups is 2. The van der Waals surface area contributed by atoms with Gasteiger partial charge in [-0.2, -0.15) is 0 Å². The highest BCUT2D eigenvalue weighted by molar-refractivity contribution is 7.47. The number of rotatable bonds is 99. The molecular weight excluding hydrogens is 1650 g/mol. The van der Waals surface area contributed by atoms with Crippen LogP contribution in [0.1, 0.15) is 457 Å². The van der Waals surface area contributed by atoms with Gasteiger partial charge in [-0.1, -0.05) is 454 Å². The van der Waals surface area contributed by atoms with Crippen molar-refractivity contribution in [1.82, 2.24) is 0 Å². The lowest BCUT2D eigenvalue weighted by Crippen LogP contribution is -2.30. The molecule has 0 aliphatic rings. The van der Waals surface area contributed by atoms with Gasteiger partial charge in [-0.3, -0.25) is 32.5 Å². The van der Waals surface area contributed by atoms with Crippen LogP contribution in [0, 0.1) is 0 Å². The molecule has 5 atom stereocenters. The molecule has 0 amide bonds. The zero-order valence-corrected chi connectivity index (χ0v) is 84.1. The summed E-state index contributed by atoms with van der Waals surface area (Å²) in [6.07, 6.45) is 134.